The molecule has 1 amide bonds. The van der Waals surface area contributed by atoms with E-state index < -0.39 is 6.10 Å². The highest BCUT2D eigenvalue weighted by atomic mass is 79.9. The Hall–Kier alpha value is -1.65. The summed E-state index contributed by atoms with van der Waals surface area (Å²) in [5.41, 5.74) is 2.71. The van der Waals surface area contributed by atoms with Crippen LogP contribution in [0.25, 0.3) is 0 Å². The number of halogens is 1. The third kappa shape index (κ3) is 4.69. The van der Waals surface area contributed by atoms with E-state index in [0.717, 1.165) is 15.6 Å². The number of amides is 1. The number of benzene rings is 2. The van der Waals surface area contributed by atoms with E-state index in [-0.39, 0.29) is 12.5 Å². The zero-order valence-corrected chi connectivity index (χ0v) is 13.4. The number of nitrogens with one attached hydrogen (secondary N) is 1. The van der Waals surface area contributed by atoms with Crippen molar-refractivity contribution in [2.45, 2.75) is 19.4 Å². The molecule has 0 saturated carbocycles. The Kier molecular flexibility index (Phi) is 5.53. The molecule has 0 aromatic heterocycles. The lowest BCUT2D eigenvalue weighted by atomic mass is 10.1. The first-order chi connectivity index (χ1) is 10.1. The first-order valence-electron chi connectivity index (χ1n) is 6.82. The largest absolute Gasteiger partial charge is 0.391 e. The van der Waals surface area contributed by atoms with Crippen LogP contribution in [0.15, 0.2) is 53.0 Å². The minimum absolute atomic E-state index is 0.186. The molecule has 0 spiro atoms. The molecule has 4 heteroatoms. The molecular weight excluding hydrogens is 330 g/mol. The molecule has 1 unspecified atom stereocenters. The summed E-state index contributed by atoms with van der Waals surface area (Å²) in [4.78, 5) is 12.1. The number of hydrogen-bond acceptors (Lipinski definition) is 2. The monoisotopic (exact) mass is 347 g/mol. The van der Waals surface area contributed by atoms with Crippen LogP contribution in [0.2, 0.25) is 0 Å². The number of rotatable bonds is 5. The van der Waals surface area contributed by atoms with Crippen molar-refractivity contribution in [3.05, 3.63) is 69.7 Å². The normalized spacial score (nSPS) is 12.0. The fourth-order valence-corrected chi connectivity index (χ4v) is 2.74. The molecule has 0 aliphatic heterocycles. The maximum Gasteiger partial charge on any atom is 0.252 e. The lowest BCUT2D eigenvalue weighted by Crippen LogP contribution is -2.33. The van der Waals surface area contributed by atoms with E-state index >= 15 is 0 Å². The summed E-state index contributed by atoms with van der Waals surface area (Å²) >= 11 is 3.39. The highest BCUT2D eigenvalue weighted by molar-refractivity contribution is 9.10. The quantitative estimate of drug-likeness (QED) is 0.872. The van der Waals surface area contributed by atoms with Crippen LogP contribution in [0.1, 0.15) is 21.5 Å². The molecule has 2 aromatic carbocycles. The number of aryl methyl sites for hydroxylation is 1. The van der Waals surface area contributed by atoms with Crippen LogP contribution in [0, 0.1) is 6.92 Å². The Morgan fingerprint density at radius 2 is 1.95 bits per heavy atom. The molecule has 0 radical (unpaired) electrons. The maximum atomic E-state index is 12.1. The Morgan fingerprint density at radius 1 is 1.24 bits per heavy atom. The van der Waals surface area contributed by atoms with Crippen LogP contribution in [0.3, 0.4) is 0 Å². The van der Waals surface area contributed by atoms with Crippen LogP contribution < -0.4 is 5.32 Å². The molecule has 0 aliphatic carbocycles. The van der Waals surface area contributed by atoms with Gasteiger partial charge >= 0.3 is 0 Å². The van der Waals surface area contributed by atoms with Gasteiger partial charge in [-0.05, 0) is 46.1 Å². The first-order valence-corrected chi connectivity index (χ1v) is 7.62. The second-order valence-electron chi connectivity index (χ2n) is 5.04. The van der Waals surface area contributed by atoms with Gasteiger partial charge in [-0.15, -0.1) is 0 Å². The summed E-state index contributed by atoms with van der Waals surface area (Å²) in [6.45, 7) is 2.20. The van der Waals surface area contributed by atoms with Crippen molar-refractivity contribution in [3.8, 4) is 0 Å². The van der Waals surface area contributed by atoms with Crippen molar-refractivity contribution >= 4 is 21.8 Å². The van der Waals surface area contributed by atoms with Gasteiger partial charge in [-0.2, -0.15) is 0 Å². The van der Waals surface area contributed by atoms with Gasteiger partial charge in [0.25, 0.3) is 5.91 Å². The number of aliphatic hydroxyl groups excluding tert-OH is 1. The van der Waals surface area contributed by atoms with E-state index in [1.807, 2.05) is 49.4 Å². The van der Waals surface area contributed by atoms with E-state index in [1.165, 1.54) is 0 Å². The average molecular weight is 348 g/mol. The molecule has 0 saturated heterocycles. The van der Waals surface area contributed by atoms with Crippen LogP contribution in [-0.4, -0.2) is 23.7 Å². The molecule has 0 bridgehead atoms. The minimum atomic E-state index is -0.597. The van der Waals surface area contributed by atoms with E-state index in [2.05, 4.69) is 21.2 Å². The molecule has 2 rings (SSSR count). The van der Waals surface area contributed by atoms with Gasteiger partial charge in [-0.1, -0.05) is 36.4 Å². The van der Waals surface area contributed by atoms with Crippen molar-refractivity contribution in [1.29, 1.82) is 0 Å². The summed E-state index contributed by atoms with van der Waals surface area (Å²) in [5, 5.41) is 12.7. The average Bonchev–Trinajstić information content (AvgIpc) is 2.46. The second kappa shape index (κ2) is 7.38. The van der Waals surface area contributed by atoms with Gasteiger partial charge in [-0.3, -0.25) is 4.79 Å². The fourth-order valence-electron chi connectivity index (χ4n) is 2.07. The number of aliphatic hydroxyl groups is 1. The Bertz CT molecular complexity index is 613. The molecule has 2 N–H and O–H groups in total. The Balaban J connectivity index is 1.89. The molecular formula is C17H18BrNO2. The molecule has 21 heavy (non-hydrogen) atoms. The molecule has 110 valence electrons. The third-order valence-electron chi connectivity index (χ3n) is 3.18. The van der Waals surface area contributed by atoms with Gasteiger partial charge in [0.1, 0.15) is 0 Å². The zero-order valence-electron chi connectivity index (χ0n) is 11.8. The lowest BCUT2D eigenvalue weighted by Gasteiger charge is -2.13. The standard InChI is InChI=1S/C17H18BrNO2/c1-12-7-8-15(16(18)9-12)17(21)19-11-14(20)10-13-5-3-2-4-6-13/h2-9,14,20H,10-11H2,1H3,(H,19,21). The van der Waals surface area contributed by atoms with Crippen LogP contribution in [0.5, 0.6) is 0 Å². The van der Waals surface area contributed by atoms with Crippen molar-refractivity contribution in [3.63, 3.8) is 0 Å². The predicted molar refractivity (Wildman–Crippen MR) is 87.4 cm³/mol. The van der Waals surface area contributed by atoms with Gasteiger partial charge < -0.3 is 10.4 Å². The summed E-state index contributed by atoms with van der Waals surface area (Å²) in [5.74, 6) is -0.186. The summed E-state index contributed by atoms with van der Waals surface area (Å²) in [7, 11) is 0. The zero-order chi connectivity index (χ0) is 15.2. The lowest BCUT2D eigenvalue weighted by molar-refractivity contribution is 0.0915. The first kappa shape index (κ1) is 15.7. The maximum absolute atomic E-state index is 12.1. The van der Waals surface area contributed by atoms with Gasteiger partial charge in [0.05, 0.1) is 11.7 Å². The van der Waals surface area contributed by atoms with Gasteiger partial charge in [0, 0.05) is 17.4 Å². The molecule has 0 fully saturated rings. The van der Waals surface area contributed by atoms with Gasteiger partial charge in [0.15, 0.2) is 0 Å². The van der Waals surface area contributed by atoms with Crippen LogP contribution in [0.4, 0.5) is 0 Å². The Morgan fingerprint density at radius 3 is 2.62 bits per heavy atom. The molecule has 0 heterocycles. The van der Waals surface area contributed by atoms with Gasteiger partial charge in [-0.25, -0.2) is 0 Å². The van der Waals surface area contributed by atoms with Crippen molar-refractivity contribution in [1.82, 2.24) is 5.32 Å². The predicted octanol–water partition coefficient (Wildman–Crippen LogP) is 3.09. The highest BCUT2D eigenvalue weighted by Crippen LogP contribution is 2.18. The van der Waals surface area contributed by atoms with E-state index in [4.69, 9.17) is 0 Å². The smallest absolute Gasteiger partial charge is 0.252 e. The molecule has 2 aromatic rings. The summed E-state index contributed by atoms with van der Waals surface area (Å²) in [6.07, 6.45) is -0.0727. The van der Waals surface area contributed by atoms with E-state index in [1.54, 1.807) is 6.07 Å². The van der Waals surface area contributed by atoms with Crippen LogP contribution in [-0.2, 0) is 6.42 Å². The molecule has 3 nitrogen and oxygen atoms in total. The van der Waals surface area contributed by atoms with E-state index in [0.29, 0.717) is 12.0 Å². The topological polar surface area (TPSA) is 49.3 Å². The third-order valence-corrected chi connectivity index (χ3v) is 3.84. The molecule has 0 aliphatic rings. The number of carbonyl (C=O) groups is 1. The second-order valence-corrected chi connectivity index (χ2v) is 5.89. The van der Waals surface area contributed by atoms with Gasteiger partial charge in [0.2, 0.25) is 0 Å². The highest BCUT2D eigenvalue weighted by Gasteiger charge is 2.12. The minimum Gasteiger partial charge on any atom is -0.391 e. The summed E-state index contributed by atoms with van der Waals surface area (Å²) in [6, 6.07) is 15.3. The number of carbonyl (C=O) groups excluding carboxylic acids is 1. The Labute approximate surface area is 133 Å². The summed E-state index contributed by atoms with van der Waals surface area (Å²) < 4.78 is 0.762. The van der Waals surface area contributed by atoms with Crippen molar-refractivity contribution < 1.29 is 9.90 Å². The number of hydrogen-bond donors (Lipinski definition) is 2. The van der Waals surface area contributed by atoms with Crippen molar-refractivity contribution in [2.24, 2.45) is 0 Å². The van der Waals surface area contributed by atoms with Crippen LogP contribution >= 0.6 is 15.9 Å². The van der Waals surface area contributed by atoms with E-state index in [9.17, 15) is 9.90 Å². The molecule has 1 atom stereocenters. The SMILES string of the molecule is Cc1ccc(C(=O)NCC(O)Cc2ccccc2)c(Br)c1. The van der Waals surface area contributed by atoms with Crippen molar-refractivity contribution in [2.75, 3.05) is 6.54 Å². The fraction of sp³-hybridized carbons (Fsp3) is 0.235.